The van der Waals surface area contributed by atoms with Gasteiger partial charge in [0.2, 0.25) is 17.6 Å². The van der Waals surface area contributed by atoms with E-state index in [1.807, 2.05) is 0 Å². The summed E-state index contributed by atoms with van der Waals surface area (Å²) in [5.41, 5.74) is 1.41. The van der Waals surface area contributed by atoms with Gasteiger partial charge in [-0.1, -0.05) is 17.3 Å². The summed E-state index contributed by atoms with van der Waals surface area (Å²) >= 11 is 0. The molecule has 0 bridgehead atoms. The highest BCUT2D eigenvalue weighted by Crippen LogP contribution is 2.31. The van der Waals surface area contributed by atoms with E-state index in [-0.39, 0.29) is 30.6 Å². The second kappa shape index (κ2) is 8.31. The van der Waals surface area contributed by atoms with Crippen molar-refractivity contribution in [2.45, 2.75) is 13.0 Å². The lowest BCUT2D eigenvalue weighted by Gasteiger charge is -2.07. The van der Waals surface area contributed by atoms with E-state index in [0.29, 0.717) is 28.5 Å². The van der Waals surface area contributed by atoms with Crippen LogP contribution in [0.2, 0.25) is 0 Å². The van der Waals surface area contributed by atoms with Gasteiger partial charge >= 0.3 is 0 Å². The van der Waals surface area contributed by atoms with Gasteiger partial charge in [-0.05, 0) is 35.9 Å². The molecule has 7 nitrogen and oxygen atoms in total. The van der Waals surface area contributed by atoms with E-state index in [4.69, 9.17) is 14.0 Å². The normalized spacial score (nSPS) is 10.5. The van der Waals surface area contributed by atoms with Crippen molar-refractivity contribution in [2.24, 2.45) is 0 Å². The highest BCUT2D eigenvalue weighted by Gasteiger charge is 2.13. The second-order valence-corrected chi connectivity index (χ2v) is 5.66. The molecule has 1 heterocycles. The summed E-state index contributed by atoms with van der Waals surface area (Å²) in [6.07, 6.45) is 0.136. The average molecular weight is 371 g/mol. The first kappa shape index (κ1) is 18.4. The van der Waals surface area contributed by atoms with Crippen LogP contribution in [0.4, 0.5) is 4.39 Å². The van der Waals surface area contributed by atoms with Crippen molar-refractivity contribution < 1.29 is 23.2 Å². The van der Waals surface area contributed by atoms with Gasteiger partial charge in [-0.2, -0.15) is 4.98 Å². The van der Waals surface area contributed by atoms with E-state index in [1.165, 1.54) is 12.1 Å². The van der Waals surface area contributed by atoms with E-state index in [9.17, 15) is 9.18 Å². The number of nitrogens with one attached hydrogen (secondary N) is 1. The fourth-order valence-electron chi connectivity index (χ4n) is 2.44. The third-order valence-electron chi connectivity index (χ3n) is 3.82. The molecule has 0 aliphatic carbocycles. The first-order chi connectivity index (χ1) is 13.1. The zero-order valence-corrected chi connectivity index (χ0v) is 14.9. The van der Waals surface area contributed by atoms with Gasteiger partial charge in [0.15, 0.2) is 11.5 Å². The Hall–Kier alpha value is -3.42. The second-order valence-electron chi connectivity index (χ2n) is 5.66. The minimum absolute atomic E-state index is 0.0975. The Kier molecular flexibility index (Phi) is 5.65. The van der Waals surface area contributed by atoms with Crippen LogP contribution in [-0.4, -0.2) is 30.3 Å². The smallest absolute Gasteiger partial charge is 0.246 e. The molecule has 1 N–H and O–H groups in total. The van der Waals surface area contributed by atoms with Gasteiger partial charge in [0, 0.05) is 5.56 Å². The molecule has 8 heteroatoms. The molecule has 0 radical (unpaired) electrons. The lowest BCUT2D eigenvalue weighted by molar-refractivity contribution is -0.120. The Labute approximate surface area is 155 Å². The first-order valence-corrected chi connectivity index (χ1v) is 8.15. The number of carbonyl (C=O) groups is 1. The zero-order chi connectivity index (χ0) is 19.2. The molecule has 0 aliphatic rings. The van der Waals surface area contributed by atoms with Gasteiger partial charge in [-0.15, -0.1) is 0 Å². The standard InChI is InChI=1S/C19H18FN3O4/c1-25-15-8-5-13(10-16(15)26-2)19-22-18(27-23-19)11-21-17(24)9-12-3-6-14(20)7-4-12/h3-8,10H,9,11H2,1-2H3,(H,21,24). The molecular weight excluding hydrogens is 353 g/mol. The van der Waals surface area contributed by atoms with Gasteiger partial charge < -0.3 is 19.3 Å². The highest BCUT2D eigenvalue weighted by molar-refractivity contribution is 5.78. The summed E-state index contributed by atoms with van der Waals surface area (Å²) in [4.78, 5) is 16.2. The van der Waals surface area contributed by atoms with E-state index in [0.717, 1.165) is 0 Å². The summed E-state index contributed by atoms with van der Waals surface area (Å²) in [5, 5.41) is 6.61. The van der Waals surface area contributed by atoms with Crippen molar-refractivity contribution >= 4 is 5.91 Å². The number of hydrogen-bond acceptors (Lipinski definition) is 6. The number of methoxy groups -OCH3 is 2. The molecule has 1 amide bonds. The van der Waals surface area contributed by atoms with Crippen molar-refractivity contribution in [3.63, 3.8) is 0 Å². The minimum atomic E-state index is -0.340. The number of amides is 1. The topological polar surface area (TPSA) is 86.5 Å². The summed E-state index contributed by atoms with van der Waals surface area (Å²) in [7, 11) is 3.10. The molecule has 3 aromatic rings. The van der Waals surface area contributed by atoms with Crippen molar-refractivity contribution in [3.05, 3.63) is 59.7 Å². The number of carbonyl (C=O) groups excluding carboxylic acids is 1. The maximum absolute atomic E-state index is 12.9. The Morgan fingerprint density at radius 2 is 1.85 bits per heavy atom. The van der Waals surface area contributed by atoms with Gasteiger partial charge in [0.05, 0.1) is 27.2 Å². The van der Waals surface area contributed by atoms with Crippen LogP contribution in [0.15, 0.2) is 47.0 Å². The lowest BCUT2D eigenvalue weighted by atomic mass is 10.1. The third-order valence-corrected chi connectivity index (χ3v) is 3.82. The molecule has 0 saturated heterocycles. The van der Waals surface area contributed by atoms with E-state index < -0.39 is 0 Å². The summed E-state index contributed by atoms with van der Waals surface area (Å²) in [5.74, 6) is 1.22. The molecule has 2 aromatic carbocycles. The zero-order valence-electron chi connectivity index (χ0n) is 14.9. The molecule has 0 atom stereocenters. The number of rotatable bonds is 7. The Balaban J connectivity index is 1.61. The Morgan fingerprint density at radius 3 is 2.56 bits per heavy atom. The van der Waals surface area contributed by atoms with Gasteiger partial charge in [0.25, 0.3) is 0 Å². The maximum Gasteiger partial charge on any atom is 0.246 e. The quantitative estimate of drug-likeness (QED) is 0.687. The monoisotopic (exact) mass is 371 g/mol. The number of aromatic nitrogens is 2. The largest absolute Gasteiger partial charge is 0.493 e. The molecule has 27 heavy (non-hydrogen) atoms. The summed E-state index contributed by atoms with van der Waals surface area (Å²) in [6, 6.07) is 11.0. The Bertz CT molecular complexity index is 925. The van der Waals surface area contributed by atoms with Crippen LogP contribution in [0.1, 0.15) is 11.5 Å². The SMILES string of the molecule is COc1ccc(-c2noc(CNC(=O)Cc3ccc(F)cc3)n2)cc1OC. The van der Waals surface area contributed by atoms with Gasteiger partial charge in [-0.25, -0.2) is 4.39 Å². The maximum atomic E-state index is 12.9. The van der Waals surface area contributed by atoms with Gasteiger partial charge in [0.1, 0.15) is 5.82 Å². The van der Waals surface area contributed by atoms with Gasteiger partial charge in [-0.3, -0.25) is 4.79 Å². The number of hydrogen-bond donors (Lipinski definition) is 1. The predicted molar refractivity (Wildman–Crippen MR) is 94.8 cm³/mol. The fraction of sp³-hybridized carbons (Fsp3) is 0.211. The van der Waals surface area contributed by atoms with Crippen molar-refractivity contribution in [3.8, 4) is 22.9 Å². The molecule has 0 saturated carbocycles. The van der Waals surface area contributed by atoms with E-state index >= 15 is 0 Å². The molecule has 0 fully saturated rings. The number of benzene rings is 2. The van der Waals surface area contributed by atoms with Crippen LogP contribution in [-0.2, 0) is 17.8 Å². The minimum Gasteiger partial charge on any atom is -0.493 e. The van der Waals surface area contributed by atoms with Crippen molar-refractivity contribution in [1.82, 2.24) is 15.5 Å². The molecular formula is C19H18FN3O4. The molecule has 140 valence electrons. The number of ether oxygens (including phenoxy) is 2. The van der Waals surface area contributed by atoms with Crippen molar-refractivity contribution in [1.29, 1.82) is 0 Å². The molecule has 0 aliphatic heterocycles. The van der Waals surface area contributed by atoms with E-state index in [1.54, 1.807) is 44.6 Å². The van der Waals surface area contributed by atoms with Crippen LogP contribution in [0, 0.1) is 5.82 Å². The number of nitrogens with zero attached hydrogens (tertiary/aromatic N) is 2. The van der Waals surface area contributed by atoms with Crippen molar-refractivity contribution in [2.75, 3.05) is 14.2 Å². The first-order valence-electron chi connectivity index (χ1n) is 8.15. The van der Waals surface area contributed by atoms with Crippen LogP contribution in [0.25, 0.3) is 11.4 Å². The molecule has 0 spiro atoms. The summed E-state index contributed by atoms with van der Waals surface area (Å²) in [6.45, 7) is 0.0975. The molecule has 0 unspecified atom stereocenters. The summed E-state index contributed by atoms with van der Waals surface area (Å²) < 4.78 is 28.5. The van der Waals surface area contributed by atoms with E-state index in [2.05, 4.69) is 15.5 Å². The average Bonchev–Trinajstić information content (AvgIpc) is 3.16. The van der Waals surface area contributed by atoms with Crippen LogP contribution >= 0.6 is 0 Å². The van der Waals surface area contributed by atoms with Crippen LogP contribution in [0.3, 0.4) is 0 Å². The molecule has 1 aromatic heterocycles. The predicted octanol–water partition coefficient (Wildman–Crippen LogP) is 2.75. The lowest BCUT2D eigenvalue weighted by Crippen LogP contribution is -2.24. The highest BCUT2D eigenvalue weighted by atomic mass is 19.1. The number of halogens is 1. The Morgan fingerprint density at radius 1 is 1.11 bits per heavy atom. The van der Waals surface area contributed by atoms with Crippen LogP contribution in [0.5, 0.6) is 11.5 Å². The fourth-order valence-corrected chi connectivity index (χ4v) is 2.44. The van der Waals surface area contributed by atoms with Crippen LogP contribution < -0.4 is 14.8 Å². The molecule has 3 rings (SSSR count). The third kappa shape index (κ3) is 4.60.